The van der Waals surface area contributed by atoms with E-state index in [9.17, 15) is 33.6 Å². The van der Waals surface area contributed by atoms with Gasteiger partial charge in [-0.1, -0.05) is 0 Å². The SMILES string of the molecule is CC(=O)OC[C@H]1OC(C)[C@H](OC(C)=O)[C@@H](OC(C)=O)[C@@H]1OC1O[C@H](COC(C)=O)[C@@H](OC(C)=O)[C@H](OC(C)=O)[C@H]1OC(C)=O. The van der Waals surface area contributed by atoms with Gasteiger partial charge in [0.15, 0.2) is 36.8 Å². The minimum atomic E-state index is -1.71. The summed E-state index contributed by atoms with van der Waals surface area (Å²) in [6.07, 6.45) is -13.9. The lowest BCUT2D eigenvalue weighted by atomic mass is 9.94. The summed E-state index contributed by atoms with van der Waals surface area (Å²) in [4.78, 5) is 83.8. The van der Waals surface area contributed by atoms with Crippen LogP contribution in [0.4, 0.5) is 0 Å². The maximum Gasteiger partial charge on any atom is 0.303 e. The number of hydrogen-bond acceptors (Lipinski definition) is 17. The van der Waals surface area contributed by atoms with Crippen LogP contribution < -0.4 is 0 Å². The number of rotatable bonds is 11. The largest absolute Gasteiger partial charge is 0.463 e. The highest BCUT2D eigenvalue weighted by atomic mass is 16.8. The minimum Gasteiger partial charge on any atom is -0.463 e. The van der Waals surface area contributed by atoms with Gasteiger partial charge < -0.3 is 47.4 Å². The second kappa shape index (κ2) is 16.3. The van der Waals surface area contributed by atoms with Crippen molar-refractivity contribution in [2.75, 3.05) is 13.2 Å². The molecule has 0 aliphatic carbocycles. The molecule has 0 amide bonds. The summed E-state index contributed by atoms with van der Waals surface area (Å²) in [5, 5.41) is 0. The lowest BCUT2D eigenvalue weighted by Crippen LogP contribution is -2.66. The van der Waals surface area contributed by atoms with Gasteiger partial charge in [0.05, 0.1) is 6.10 Å². The maximum atomic E-state index is 12.2. The van der Waals surface area contributed by atoms with Crippen molar-refractivity contribution in [1.29, 1.82) is 0 Å². The summed E-state index contributed by atoms with van der Waals surface area (Å²) in [5.74, 6) is -5.54. The molecular formula is C27H38O17. The number of ether oxygens (including phenoxy) is 10. The number of carbonyl (C=O) groups is 7. The quantitative estimate of drug-likeness (QED) is 0.210. The van der Waals surface area contributed by atoms with Crippen LogP contribution in [0, 0.1) is 0 Å². The minimum absolute atomic E-state index is 0.430. The fraction of sp³-hybridized carbons (Fsp3) is 0.741. The third-order valence-electron chi connectivity index (χ3n) is 6.16. The van der Waals surface area contributed by atoms with Crippen molar-refractivity contribution in [2.24, 2.45) is 0 Å². The highest BCUT2D eigenvalue weighted by Crippen LogP contribution is 2.35. The van der Waals surface area contributed by atoms with Crippen molar-refractivity contribution in [3.05, 3.63) is 0 Å². The monoisotopic (exact) mass is 634 g/mol. The van der Waals surface area contributed by atoms with E-state index in [-0.39, 0.29) is 0 Å². The molecule has 2 fully saturated rings. The van der Waals surface area contributed by atoms with E-state index in [0.29, 0.717) is 0 Å². The second-order valence-corrected chi connectivity index (χ2v) is 10.00. The van der Waals surface area contributed by atoms with Crippen LogP contribution in [-0.4, -0.2) is 116 Å². The van der Waals surface area contributed by atoms with E-state index in [0.717, 1.165) is 48.5 Å². The fourth-order valence-electron chi connectivity index (χ4n) is 4.73. The van der Waals surface area contributed by atoms with Crippen LogP contribution in [0.5, 0.6) is 0 Å². The van der Waals surface area contributed by atoms with E-state index in [4.69, 9.17) is 47.4 Å². The summed E-state index contributed by atoms with van der Waals surface area (Å²) in [6.45, 7) is 8.20. The highest BCUT2D eigenvalue weighted by Gasteiger charge is 2.56. The smallest absolute Gasteiger partial charge is 0.303 e. The Kier molecular flexibility index (Phi) is 13.5. The molecule has 2 unspecified atom stereocenters. The molecule has 2 rings (SSSR count). The lowest BCUT2D eigenvalue weighted by molar-refractivity contribution is -0.344. The molecule has 2 saturated heterocycles. The van der Waals surface area contributed by atoms with Crippen LogP contribution in [0.3, 0.4) is 0 Å². The van der Waals surface area contributed by atoms with Gasteiger partial charge in [-0.05, 0) is 6.92 Å². The molecule has 17 heteroatoms. The van der Waals surface area contributed by atoms with Crippen LogP contribution >= 0.6 is 0 Å². The Hall–Kier alpha value is -3.83. The summed E-state index contributed by atoms with van der Waals surface area (Å²) in [5.41, 5.74) is 0. The molecular weight excluding hydrogens is 596 g/mol. The molecule has 0 saturated carbocycles. The van der Waals surface area contributed by atoms with Crippen molar-refractivity contribution in [2.45, 2.75) is 117 Å². The third kappa shape index (κ3) is 10.7. The van der Waals surface area contributed by atoms with Crippen molar-refractivity contribution >= 4 is 41.8 Å². The van der Waals surface area contributed by atoms with Gasteiger partial charge in [-0.15, -0.1) is 0 Å². The average molecular weight is 635 g/mol. The molecule has 0 spiro atoms. The summed E-state index contributed by atoms with van der Waals surface area (Å²) in [7, 11) is 0. The van der Waals surface area contributed by atoms with Crippen LogP contribution in [-0.2, 0) is 80.9 Å². The van der Waals surface area contributed by atoms with Gasteiger partial charge in [-0.3, -0.25) is 33.6 Å². The van der Waals surface area contributed by atoms with E-state index in [1.807, 2.05) is 0 Å². The Morgan fingerprint density at radius 3 is 1.25 bits per heavy atom. The van der Waals surface area contributed by atoms with E-state index in [1.165, 1.54) is 6.92 Å². The molecule has 2 aliphatic rings. The number of esters is 7. The number of hydrogen-bond donors (Lipinski definition) is 0. The van der Waals surface area contributed by atoms with Gasteiger partial charge in [0.1, 0.15) is 31.5 Å². The average Bonchev–Trinajstić information content (AvgIpc) is 2.87. The van der Waals surface area contributed by atoms with Crippen LogP contribution in [0.15, 0.2) is 0 Å². The van der Waals surface area contributed by atoms with Gasteiger partial charge in [0.2, 0.25) is 0 Å². The molecule has 0 bridgehead atoms. The molecule has 44 heavy (non-hydrogen) atoms. The molecule has 2 heterocycles. The Morgan fingerprint density at radius 2 is 0.818 bits per heavy atom. The van der Waals surface area contributed by atoms with Crippen LogP contribution in [0.25, 0.3) is 0 Å². The first-order valence-corrected chi connectivity index (χ1v) is 13.6. The molecule has 10 atom stereocenters. The Bertz CT molecular complexity index is 1090. The van der Waals surface area contributed by atoms with Crippen molar-refractivity contribution < 1.29 is 80.9 Å². The van der Waals surface area contributed by atoms with Gasteiger partial charge in [0.25, 0.3) is 0 Å². The van der Waals surface area contributed by atoms with Crippen molar-refractivity contribution in [1.82, 2.24) is 0 Å². The first-order chi connectivity index (χ1) is 20.5. The maximum absolute atomic E-state index is 12.2. The van der Waals surface area contributed by atoms with Gasteiger partial charge in [-0.25, -0.2) is 0 Å². The topological polar surface area (TPSA) is 212 Å². The van der Waals surface area contributed by atoms with Crippen molar-refractivity contribution in [3.63, 3.8) is 0 Å². The van der Waals surface area contributed by atoms with Gasteiger partial charge in [-0.2, -0.15) is 0 Å². The zero-order chi connectivity index (χ0) is 33.3. The molecule has 2 aliphatic heterocycles. The van der Waals surface area contributed by atoms with Crippen LogP contribution in [0.1, 0.15) is 55.4 Å². The first-order valence-electron chi connectivity index (χ1n) is 13.6. The zero-order valence-electron chi connectivity index (χ0n) is 25.6. The van der Waals surface area contributed by atoms with E-state index >= 15 is 0 Å². The molecule has 0 aromatic heterocycles. The Balaban J connectivity index is 2.66. The van der Waals surface area contributed by atoms with Gasteiger partial charge in [0, 0.05) is 48.5 Å². The predicted octanol–water partition coefficient (Wildman–Crippen LogP) is -0.331. The van der Waals surface area contributed by atoms with E-state index in [1.54, 1.807) is 0 Å². The molecule has 0 N–H and O–H groups in total. The summed E-state index contributed by atoms with van der Waals surface area (Å²) >= 11 is 0. The lowest BCUT2D eigenvalue weighted by Gasteiger charge is -2.48. The molecule has 0 aromatic rings. The molecule has 17 nitrogen and oxygen atoms in total. The highest BCUT2D eigenvalue weighted by molar-refractivity contribution is 5.69. The number of carbonyl (C=O) groups excluding carboxylic acids is 7. The molecule has 0 aromatic carbocycles. The first kappa shape index (κ1) is 36.4. The standard InChI is InChI=1S/C27H38O17/c1-11-21(38-14(4)30)24(40-16(6)32)23(19(37-11)9-35-12(2)28)44-27-26(42-18(8)34)25(41-17(7)33)22(39-15(5)31)20(43-27)10-36-13(3)29/h11,19-27H,9-10H2,1-8H3/t11?,19-,20-,21+,22-,23-,24-,25+,26-,27?/m1/s1. The zero-order valence-corrected chi connectivity index (χ0v) is 25.6. The fourth-order valence-corrected chi connectivity index (χ4v) is 4.73. The summed E-state index contributed by atoms with van der Waals surface area (Å²) < 4.78 is 55.4. The third-order valence-corrected chi connectivity index (χ3v) is 6.16. The Labute approximate surface area is 252 Å². The van der Waals surface area contributed by atoms with Gasteiger partial charge >= 0.3 is 41.8 Å². The molecule has 248 valence electrons. The second-order valence-electron chi connectivity index (χ2n) is 10.00. The molecule has 0 radical (unpaired) electrons. The van der Waals surface area contributed by atoms with Crippen LogP contribution in [0.2, 0.25) is 0 Å². The summed E-state index contributed by atoms with van der Waals surface area (Å²) in [6, 6.07) is 0. The Morgan fingerprint density at radius 1 is 0.455 bits per heavy atom. The van der Waals surface area contributed by atoms with Crippen molar-refractivity contribution in [3.8, 4) is 0 Å². The normalized spacial score (nSPS) is 31.5. The van der Waals surface area contributed by atoms with E-state index < -0.39 is 116 Å². The van der Waals surface area contributed by atoms with E-state index in [2.05, 4.69) is 0 Å². The predicted molar refractivity (Wildman–Crippen MR) is 139 cm³/mol.